The molecule has 12 heavy (non-hydrogen) atoms. The number of hydrogen-bond donors (Lipinski definition) is 2. The fraction of sp³-hybridized carbons (Fsp3) is 0.833. The molecule has 1 rings (SSSR count). The summed E-state index contributed by atoms with van der Waals surface area (Å²) in [6.45, 7) is 0. The molecule has 1 aliphatic carbocycles. The fourth-order valence-corrected chi connectivity index (χ4v) is 1.03. The van der Waals surface area contributed by atoms with Gasteiger partial charge in [-0.2, -0.15) is 13.2 Å². The summed E-state index contributed by atoms with van der Waals surface area (Å²) in [5.41, 5.74) is -3.53. The van der Waals surface area contributed by atoms with E-state index < -0.39 is 23.7 Å². The van der Waals surface area contributed by atoms with Gasteiger partial charge in [-0.05, 0) is 12.8 Å². The van der Waals surface area contributed by atoms with Crippen molar-refractivity contribution in [2.45, 2.75) is 24.6 Å². The number of carboxylic acids is 1. The molecule has 0 saturated heterocycles. The Kier molecular flexibility index (Phi) is 1.82. The lowest BCUT2D eigenvalue weighted by atomic mass is 9.98. The Hall–Kier alpha value is -0.780. The molecule has 1 unspecified atom stereocenters. The molecule has 3 nitrogen and oxygen atoms in total. The first-order valence-electron chi connectivity index (χ1n) is 3.32. The Morgan fingerprint density at radius 1 is 1.33 bits per heavy atom. The van der Waals surface area contributed by atoms with Crippen molar-refractivity contribution in [2.24, 2.45) is 5.92 Å². The van der Waals surface area contributed by atoms with Crippen LogP contribution in [0.15, 0.2) is 0 Å². The van der Waals surface area contributed by atoms with E-state index in [0.29, 0.717) is 0 Å². The van der Waals surface area contributed by atoms with Crippen molar-refractivity contribution in [2.75, 3.05) is 0 Å². The van der Waals surface area contributed by atoms with E-state index >= 15 is 0 Å². The van der Waals surface area contributed by atoms with Crippen LogP contribution in [0.3, 0.4) is 0 Å². The number of carbonyl (C=O) groups is 1. The molecule has 0 aromatic heterocycles. The minimum Gasteiger partial charge on any atom is -0.479 e. The third-order valence-corrected chi connectivity index (χ3v) is 1.93. The standard InChI is InChI=1S/C6H7F3O3/c7-6(8,9)5(12,4(10)11)3-1-2-3/h3,12H,1-2H2,(H,10,11). The van der Waals surface area contributed by atoms with Crippen LogP contribution in [0.25, 0.3) is 0 Å². The van der Waals surface area contributed by atoms with E-state index in [9.17, 15) is 18.0 Å². The molecule has 0 bridgehead atoms. The van der Waals surface area contributed by atoms with Gasteiger partial charge in [0.1, 0.15) is 0 Å². The molecule has 70 valence electrons. The van der Waals surface area contributed by atoms with Crippen molar-refractivity contribution in [1.82, 2.24) is 0 Å². The van der Waals surface area contributed by atoms with E-state index in [1.807, 2.05) is 0 Å². The van der Waals surface area contributed by atoms with Gasteiger partial charge in [-0.1, -0.05) is 0 Å². The normalized spacial score (nSPS) is 23.3. The van der Waals surface area contributed by atoms with Crippen molar-refractivity contribution >= 4 is 5.97 Å². The highest BCUT2D eigenvalue weighted by Gasteiger charge is 2.67. The molecule has 1 atom stereocenters. The highest BCUT2D eigenvalue weighted by molar-refractivity contribution is 5.79. The molecule has 6 heteroatoms. The minimum absolute atomic E-state index is 0.113. The molecule has 0 heterocycles. The van der Waals surface area contributed by atoms with Crippen LogP contribution in [0.4, 0.5) is 13.2 Å². The molecule has 1 saturated carbocycles. The van der Waals surface area contributed by atoms with Crippen LogP contribution in [-0.2, 0) is 4.79 Å². The monoisotopic (exact) mass is 184 g/mol. The molecule has 0 radical (unpaired) electrons. The Labute approximate surface area is 65.8 Å². The molecule has 2 N–H and O–H groups in total. The van der Waals surface area contributed by atoms with Crippen molar-refractivity contribution in [3.63, 3.8) is 0 Å². The second kappa shape index (κ2) is 2.35. The Balaban J connectivity index is 2.93. The van der Waals surface area contributed by atoms with Crippen molar-refractivity contribution in [3.05, 3.63) is 0 Å². The summed E-state index contributed by atoms with van der Waals surface area (Å²) in [6.07, 6.45) is -4.86. The molecule has 1 aliphatic rings. The van der Waals surface area contributed by atoms with Gasteiger partial charge in [-0.25, -0.2) is 4.79 Å². The largest absolute Gasteiger partial charge is 0.479 e. The lowest BCUT2D eigenvalue weighted by Crippen LogP contribution is -2.53. The third kappa shape index (κ3) is 1.16. The number of rotatable bonds is 2. The molecular formula is C6H7F3O3. The Morgan fingerprint density at radius 3 is 1.83 bits per heavy atom. The number of aliphatic carboxylic acids is 1. The zero-order valence-corrected chi connectivity index (χ0v) is 5.93. The van der Waals surface area contributed by atoms with Gasteiger partial charge in [0.25, 0.3) is 5.60 Å². The second-order valence-corrected chi connectivity index (χ2v) is 2.84. The van der Waals surface area contributed by atoms with Crippen LogP contribution in [0.2, 0.25) is 0 Å². The molecule has 0 aliphatic heterocycles. The van der Waals surface area contributed by atoms with Gasteiger partial charge in [0.15, 0.2) is 0 Å². The van der Waals surface area contributed by atoms with E-state index in [4.69, 9.17) is 10.2 Å². The molecule has 1 fully saturated rings. The number of carboxylic acid groups (broad SMARTS) is 1. The number of alkyl halides is 3. The highest BCUT2D eigenvalue weighted by Crippen LogP contribution is 2.48. The van der Waals surface area contributed by atoms with E-state index in [1.165, 1.54) is 0 Å². The summed E-state index contributed by atoms with van der Waals surface area (Å²) >= 11 is 0. The lowest BCUT2D eigenvalue weighted by molar-refractivity contribution is -0.266. The first-order valence-corrected chi connectivity index (χ1v) is 3.32. The first-order chi connectivity index (χ1) is 5.30. The van der Waals surface area contributed by atoms with Crippen LogP contribution in [-0.4, -0.2) is 28.0 Å². The minimum atomic E-state index is -5.08. The predicted molar refractivity (Wildman–Crippen MR) is 31.4 cm³/mol. The molecule has 0 spiro atoms. The SMILES string of the molecule is O=C(O)C(O)(C1CC1)C(F)(F)F. The summed E-state index contributed by atoms with van der Waals surface area (Å²) in [5, 5.41) is 17.0. The van der Waals surface area contributed by atoms with Crippen LogP contribution in [0, 0.1) is 5.92 Å². The zero-order valence-electron chi connectivity index (χ0n) is 5.93. The number of aliphatic hydroxyl groups is 1. The van der Waals surface area contributed by atoms with Crippen molar-refractivity contribution in [1.29, 1.82) is 0 Å². The molecule has 0 amide bonds. The van der Waals surface area contributed by atoms with Crippen LogP contribution >= 0.6 is 0 Å². The third-order valence-electron chi connectivity index (χ3n) is 1.93. The molecule has 0 aromatic carbocycles. The summed E-state index contributed by atoms with van der Waals surface area (Å²) in [7, 11) is 0. The van der Waals surface area contributed by atoms with E-state index in [2.05, 4.69) is 0 Å². The summed E-state index contributed by atoms with van der Waals surface area (Å²) in [5.74, 6) is -3.38. The Morgan fingerprint density at radius 2 is 1.75 bits per heavy atom. The van der Waals surface area contributed by atoms with Crippen molar-refractivity contribution < 1.29 is 28.2 Å². The van der Waals surface area contributed by atoms with E-state index in [-0.39, 0.29) is 12.8 Å². The van der Waals surface area contributed by atoms with Gasteiger partial charge in [0, 0.05) is 5.92 Å². The smallest absolute Gasteiger partial charge is 0.428 e. The van der Waals surface area contributed by atoms with Gasteiger partial charge in [-0.3, -0.25) is 0 Å². The van der Waals surface area contributed by atoms with Crippen LogP contribution < -0.4 is 0 Å². The van der Waals surface area contributed by atoms with E-state index in [0.717, 1.165) is 0 Å². The van der Waals surface area contributed by atoms with Gasteiger partial charge < -0.3 is 10.2 Å². The maximum absolute atomic E-state index is 12.0. The fourth-order valence-electron chi connectivity index (χ4n) is 1.03. The van der Waals surface area contributed by atoms with E-state index in [1.54, 1.807) is 0 Å². The van der Waals surface area contributed by atoms with Crippen LogP contribution in [0.5, 0.6) is 0 Å². The summed E-state index contributed by atoms with van der Waals surface area (Å²) in [4.78, 5) is 10.2. The van der Waals surface area contributed by atoms with Gasteiger partial charge in [-0.15, -0.1) is 0 Å². The quantitative estimate of drug-likeness (QED) is 0.666. The zero-order chi connectivity index (χ0) is 9.57. The van der Waals surface area contributed by atoms with Gasteiger partial charge in [0.05, 0.1) is 0 Å². The first kappa shape index (κ1) is 9.31. The second-order valence-electron chi connectivity index (χ2n) is 2.84. The maximum atomic E-state index is 12.0. The molecular weight excluding hydrogens is 177 g/mol. The predicted octanol–water partition coefficient (Wildman–Crippen LogP) is 0.774. The summed E-state index contributed by atoms with van der Waals surface area (Å²) in [6, 6.07) is 0. The van der Waals surface area contributed by atoms with Crippen LogP contribution in [0.1, 0.15) is 12.8 Å². The van der Waals surface area contributed by atoms with Gasteiger partial charge >= 0.3 is 12.1 Å². The topological polar surface area (TPSA) is 57.5 Å². The summed E-state index contributed by atoms with van der Waals surface area (Å²) < 4.78 is 36.0. The molecule has 0 aromatic rings. The Bertz CT molecular complexity index is 209. The van der Waals surface area contributed by atoms with Crippen molar-refractivity contribution in [3.8, 4) is 0 Å². The maximum Gasteiger partial charge on any atom is 0.428 e. The average molecular weight is 184 g/mol. The van der Waals surface area contributed by atoms with Gasteiger partial charge in [0.2, 0.25) is 0 Å². The lowest BCUT2D eigenvalue weighted by Gasteiger charge is -2.25. The number of hydrogen-bond acceptors (Lipinski definition) is 2. The number of halogens is 3. The average Bonchev–Trinajstić information content (AvgIpc) is 2.63. The highest BCUT2D eigenvalue weighted by atomic mass is 19.4.